The van der Waals surface area contributed by atoms with Crippen molar-refractivity contribution in [3.05, 3.63) is 145 Å². The average molecular weight is 513 g/mol. The minimum absolute atomic E-state index is 0.00703. The standard InChI is InChI=1S/C38H24O/c1-3-12-25(13-4-1)27-22-23-34-33(24-27)38-32(20-11-21-35(38)39-34)37-30-18-9-7-16-28(30)36(26-14-5-2-6-15-26)29-17-8-10-19-31(29)37/h1-24H/i1D,2D,3D,4D,5D,6D,11D,12D,13D,14D,15D,20D,21D,22D,23D,24D. The van der Waals surface area contributed by atoms with Gasteiger partial charge in [0.15, 0.2) is 0 Å². The van der Waals surface area contributed by atoms with Crippen LogP contribution in [0.2, 0.25) is 0 Å². The summed E-state index contributed by atoms with van der Waals surface area (Å²) in [5, 5.41) is 1.40. The Morgan fingerprint density at radius 2 is 1.03 bits per heavy atom. The van der Waals surface area contributed by atoms with Gasteiger partial charge in [-0.3, -0.25) is 0 Å². The van der Waals surface area contributed by atoms with E-state index in [1.54, 1.807) is 48.5 Å². The second-order valence-electron chi connectivity index (χ2n) is 8.85. The molecule has 0 N–H and O–H groups in total. The zero-order valence-electron chi connectivity index (χ0n) is 36.0. The van der Waals surface area contributed by atoms with Crippen molar-refractivity contribution in [2.24, 2.45) is 0 Å². The fraction of sp³-hybridized carbons (Fsp3) is 0. The maximum absolute atomic E-state index is 9.47. The molecule has 182 valence electrons. The van der Waals surface area contributed by atoms with Crippen molar-refractivity contribution in [3.63, 3.8) is 0 Å². The highest BCUT2D eigenvalue weighted by Gasteiger charge is 2.20. The van der Waals surface area contributed by atoms with Gasteiger partial charge in [0, 0.05) is 10.8 Å². The van der Waals surface area contributed by atoms with Gasteiger partial charge in [-0.05, 0) is 73.1 Å². The molecule has 0 unspecified atom stereocenters. The lowest BCUT2D eigenvalue weighted by Gasteiger charge is -2.18. The van der Waals surface area contributed by atoms with Crippen LogP contribution in [0.15, 0.2) is 150 Å². The minimum atomic E-state index is -0.711. The van der Waals surface area contributed by atoms with Crippen molar-refractivity contribution >= 4 is 43.5 Å². The summed E-state index contributed by atoms with van der Waals surface area (Å²) in [6, 6.07) is 4.16. The van der Waals surface area contributed by atoms with Crippen LogP contribution in [0.5, 0.6) is 0 Å². The number of furan rings is 1. The lowest BCUT2D eigenvalue weighted by atomic mass is 9.85. The van der Waals surface area contributed by atoms with Crippen molar-refractivity contribution in [1.29, 1.82) is 0 Å². The minimum Gasteiger partial charge on any atom is -0.456 e. The van der Waals surface area contributed by atoms with Gasteiger partial charge in [0.2, 0.25) is 0 Å². The molecule has 0 aliphatic carbocycles. The highest BCUT2D eigenvalue weighted by Crippen LogP contribution is 2.47. The Bertz CT molecular complexity index is 2940. The first kappa shape index (κ1) is 11.3. The first-order valence-corrected chi connectivity index (χ1v) is 12.1. The molecule has 0 radical (unpaired) electrons. The summed E-state index contributed by atoms with van der Waals surface area (Å²) in [4.78, 5) is 0. The number of fused-ring (bicyclic) bond motifs is 5. The van der Waals surface area contributed by atoms with Gasteiger partial charge < -0.3 is 4.42 Å². The third kappa shape index (κ3) is 3.41. The Kier molecular flexibility index (Phi) is 2.53. The molecule has 0 amide bonds. The van der Waals surface area contributed by atoms with Gasteiger partial charge in [-0.25, -0.2) is 0 Å². The summed E-state index contributed by atoms with van der Waals surface area (Å²) in [7, 11) is 0. The van der Waals surface area contributed by atoms with Crippen LogP contribution in [0.4, 0.5) is 0 Å². The van der Waals surface area contributed by atoms with Crippen LogP contribution in [0.3, 0.4) is 0 Å². The van der Waals surface area contributed by atoms with E-state index in [2.05, 4.69) is 0 Å². The van der Waals surface area contributed by atoms with Gasteiger partial charge in [0.25, 0.3) is 0 Å². The predicted molar refractivity (Wildman–Crippen MR) is 165 cm³/mol. The van der Waals surface area contributed by atoms with E-state index in [1.165, 1.54) is 0 Å². The lowest BCUT2D eigenvalue weighted by Crippen LogP contribution is -1.91. The molecule has 0 aliphatic rings. The predicted octanol–water partition coefficient (Wildman–Crippen LogP) is 10.9. The Labute approximate surface area is 249 Å². The Balaban J connectivity index is 1.62. The van der Waals surface area contributed by atoms with Crippen LogP contribution in [0, 0.1) is 0 Å². The molecule has 1 aromatic heterocycles. The summed E-state index contributed by atoms with van der Waals surface area (Å²) in [6.45, 7) is 0. The summed E-state index contributed by atoms with van der Waals surface area (Å²) >= 11 is 0. The molecular formula is C38H24O. The smallest absolute Gasteiger partial charge is 0.136 e. The summed E-state index contributed by atoms with van der Waals surface area (Å²) in [5.41, 5.74) is -1.02. The lowest BCUT2D eigenvalue weighted by molar-refractivity contribution is 0.669. The molecule has 39 heavy (non-hydrogen) atoms. The first-order chi connectivity index (χ1) is 26.0. The first-order valence-electron chi connectivity index (χ1n) is 20.1. The van der Waals surface area contributed by atoms with Crippen LogP contribution in [-0.2, 0) is 0 Å². The second-order valence-corrected chi connectivity index (χ2v) is 8.85. The second kappa shape index (κ2) is 8.72. The van der Waals surface area contributed by atoms with Crippen LogP contribution >= 0.6 is 0 Å². The molecule has 1 heterocycles. The Morgan fingerprint density at radius 3 is 1.67 bits per heavy atom. The van der Waals surface area contributed by atoms with E-state index in [0.29, 0.717) is 32.7 Å². The molecule has 0 atom stereocenters. The van der Waals surface area contributed by atoms with Crippen LogP contribution in [-0.4, -0.2) is 0 Å². The molecule has 0 aliphatic heterocycles. The number of benzene rings is 7. The number of hydrogen-bond donors (Lipinski definition) is 0. The largest absolute Gasteiger partial charge is 0.456 e. The van der Waals surface area contributed by atoms with E-state index < -0.39 is 108 Å². The summed E-state index contributed by atoms with van der Waals surface area (Å²) in [5.74, 6) is 0. The molecule has 1 heteroatoms. The van der Waals surface area contributed by atoms with Crippen molar-refractivity contribution < 1.29 is 26.3 Å². The van der Waals surface area contributed by atoms with Crippen LogP contribution < -0.4 is 0 Å². The molecule has 1 nitrogen and oxygen atoms in total. The van der Waals surface area contributed by atoms with Gasteiger partial charge in [-0.15, -0.1) is 0 Å². The van der Waals surface area contributed by atoms with E-state index in [-0.39, 0.29) is 33.1 Å². The van der Waals surface area contributed by atoms with Crippen molar-refractivity contribution in [1.82, 2.24) is 0 Å². The third-order valence-electron chi connectivity index (χ3n) is 6.75. The van der Waals surface area contributed by atoms with E-state index in [0.717, 1.165) is 0 Å². The third-order valence-corrected chi connectivity index (χ3v) is 6.75. The maximum Gasteiger partial charge on any atom is 0.136 e. The quantitative estimate of drug-likeness (QED) is 0.215. The summed E-state index contributed by atoms with van der Waals surface area (Å²) < 4.78 is 145. The number of hydrogen-bond acceptors (Lipinski definition) is 1. The fourth-order valence-corrected chi connectivity index (χ4v) is 5.18. The highest BCUT2D eigenvalue weighted by molar-refractivity contribution is 6.25. The molecule has 0 fully saturated rings. The summed E-state index contributed by atoms with van der Waals surface area (Å²) in [6.07, 6.45) is 0. The molecule has 0 saturated heterocycles. The van der Waals surface area contributed by atoms with E-state index in [4.69, 9.17) is 23.6 Å². The molecular weight excluding hydrogens is 472 g/mol. The highest BCUT2D eigenvalue weighted by atomic mass is 16.3. The molecule has 0 spiro atoms. The Hall–Kier alpha value is -5.14. The fourth-order valence-electron chi connectivity index (χ4n) is 5.18. The van der Waals surface area contributed by atoms with Crippen molar-refractivity contribution in [3.8, 4) is 33.4 Å². The van der Waals surface area contributed by atoms with E-state index >= 15 is 0 Å². The van der Waals surface area contributed by atoms with E-state index in [1.807, 2.05) is 0 Å². The van der Waals surface area contributed by atoms with Crippen LogP contribution in [0.1, 0.15) is 21.9 Å². The maximum atomic E-state index is 9.47. The van der Waals surface area contributed by atoms with Crippen molar-refractivity contribution in [2.75, 3.05) is 0 Å². The van der Waals surface area contributed by atoms with Crippen molar-refractivity contribution in [2.45, 2.75) is 0 Å². The molecule has 0 saturated carbocycles. The average Bonchev–Trinajstić information content (AvgIpc) is 3.59. The zero-order valence-corrected chi connectivity index (χ0v) is 20.0. The Morgan fingerprint density at radius 1 is 0.436 bits per heavy atom. The SMILES string of the molecule is [2H]c1c([2H])c([2H])c(-c2c([2H])c([2H])c3oc4c([2H])c([2H])c([2H])c(-c5c6ccccc6c(-c6c([2H])c([2H])c([2H])c([2H])c6[2H])c6ccccc56)c4c3c2[2H])c([2H])c1[2H]. The molecule has 0 bridgehead atoms. The number of rotatable bonds is 3. The van der Waals surface area contributed by atoms with Gasteiger partial charge in [0.05, 0.1) is 21.9 Å². The molecule has 8 aromatic rings. The monoisotopic (exact) mass is 512 g/mol. The zero-order chi connectivity index (χ0) is 39.7. The molecule has 7 aromatic carbocycles. The van der Waals surface area contributed by atoms with Gasteiger partial charge >= 0.3 is 0 Å². The van der Waals surface area contributed by atoms with Gasteiger partial charge in [-0.1, -0.05) is 127 Å². The van der Waals surface area contributed by atoms with Gasteiger partial charge in [-0.2, -0.15) is 0 Å². The molecule has 8 rings (SSSR count). The van der Waals surface area contributed by atoms with Crippen LogP contribution in [0.25, 0.3) is 76.9 Å². The topological polar surface area (TPSA) is 13.1 Å². The normalized spacial score (nSPS) is 17.3. The van der Waals surface area contributed by atoms with Gasteiger partial charge in [0.1, 0.15) is 11.2 Å². The van der Waals surface area contributed by atoms with E-state index in [9.17, 15) is 2.74 Å².